The van der Waals surface area contributed by atoms with Crippen molar-refractivity contribution in [1.29, 1.82) is 0 Å². The Bertz CT molecular complexity index is 658. The van der Waals surface area contributed by atoms with Gasteiger partial charge in [0.05, 0.1) is 25.9 Å². The van der Waals surface area contributed by atoms with Crippen molar-refractivity contribution >= 4 is 11.8 Å². The fourth-order valence-electron chi connectivity index (χ4n) is 3.67. The molecule has 0 aromatic carbocycles. The average molecular weight is 345 g/mol. The number of carbonyl (C=O) groups is 2. The van der Waals surface area contributed by atoms with E-state index in [9.17, 15) is 9.59 Å². The van der Waals surface area contributed by atoms with Gasteiger partial charge in [-0.05, 0) is 18.8 Å². The third-order valence-electron chi connectivity index (χ3n) is 5.25. The van der Waals surface area contributed by atoms with Crippen LogP contribution in [0.5, 0.6) is 0 Å². The molecule has 1 aromatic rings. The maximum atomic E-state index is 12.4. The minimum atomic E-state index is -0.364. The number of nitrogens with one attached hydrogen (secondary N) is 1. The number of hydrogen-bond donors (Lipinski definition) is 1. The largest absolute Gasteiger partial charge is 0.368 e. The Labute approximate surface area is 146 Å². The van der Waals surface area contributed by atoms with Crippen LogP contribution in [0.1, 0.15) is 23.3 Å². The van der Waals surface area contributed by atoms with Gasteiger partial charge in [-0.2, -0.15) is 0 Å². The van der Waals surface area contributed by atoms with Crippen molar-refractivity contribution in [2.75, 3.05) is 39.8 Å². The third kappa shape index (κ3) is 3.23. The van der Waals surface area contributed by atoms with Gasteiger partial charge in [0.25, 0.3) is 5.91 Å². The number of rotatable bonds is 4. The zero-order valence-corrected chi connectivity index (χ0v) is 14.4. The Balaban J connectivity index is 1.40. The fraction of sp³-hybridized carbons (Fsp3) is 0.647. The quantitative estimate of drug-likeness (QED) is 0.794. The van der Waals surface area contributed by atoms with Crippen LogP contribution < -0.4 is 5.32 Å². The van der Waals surface area contributed by atoms with Crippen molar-refractivity contribution in [3.8, 4) is 0 Å². The number of likely N-dealkylation sites (N-methyl/N-ethyl adjacent to an activating group) is 1. The highest BCUT2D eigenvalue weighted by molar-refractivity contribution is 5.92. The highest BCUT2D eigenvalue weighted by Gasteiger charge is 2.52. The van der Waals surface area contributed by atoms with Gasteiger partial charge in [0.2, 0.25) is 5.91 Å². The van der Waals surface area contributed by atoms with Crippen molar-refractivity contribution in [3.63, 3.8) is 0 Å². The molecule has 2 aliphatic heterocycles. The lowest BCUT2D eigenvalue weighted by Gasteiger charge is -2.55. The highest BCUT2D eigenvalue weighted by Crippen LogP contribution is 2.36. The van der Waals surface area contributed by atoms with E-state index < -0.39 is 0 Å². The molecule has 1 atom stereocenters. The lowest BCUT2D eigenvalue weighted by Crippen LogP contribution is -2.73. The Hall–Kier alpha value is -2.06. The molecule has 1 aliphatic carbocycles. The predicted molar refractivity (Wildman–Crippen MR) is 88.8 cm³/mol. The van der Waals surface area contributed by atoms with E-state index in [1.807, 2.05) is 0 Å². The Kier molecular flexibility index (Phi) is 4.16. The molecule has 2 amide bonds. The molecule has 1 saturated carbocycles. The number of hydrogen-bond acceptors (Lipinski definition) is 6. The number of nitrogens with zero attached hydrogens (tertiary/aromatic N) is 4. The van der Waals surface area contributed by atoms with Crippen LogP contribution in [0.3, 0.4) is 0 Å². The van der Waals surface area contributed by atoms with Gasteiger partial charge >= 0.3 is 0 Å². The SMILES string of the molecule is CNC(=O)C1COC2(CN(C(=O)c3cnccn3)C2)CN1CC1CC1. The van der Waals surface area contributed by atoms with Crippen LogP contribution in [0.15, 0.2) is 18.6 Å². The Morgan fingerprint density at radius 3 is 2.76 bits per heavy atom. The van der Waals surface area contributed by atoms with E-state index >= 15 is 0 Å². The Morgan fingerprint density at radius 2 is 2.12 bits per heavy atom. The summed E-state index contributed by atoms with van der Waals surface area (Å²) in [5, 5.41) is 2.73. The summed E-state index contributed by atoms with van der Waals surface area (Å²) in [6, 6.07) is -0.235. The van der Waals surface area contributed by atoms with Gasteiger partial charge in [0, 0.05) is 32.5 Å². The normalized spacial score (nSPS) is 25.5. The molecule has 3 heterocycles. The van der Waals surface area contributed by atoms with E-state index in [-0.39, 0.29) is 23.5 Å². The van der Waals surface area contributed by atoms with Crippen molar-refractivity contribution in [2.45, 2.75) is 24.5 Å². The summed E-state index contributed by atoms with van der Waals surface area (Å²) >= 11 is 0. The summed E-state index contributed by atoms with van der Waals surface area (Å²) in [5.74, 6) is 0.575. The maximum absolute atomic E-state index is 12.4. The van der Waals surface area contributed by atoms with Crippen molar-refractivity contribution < 1.29 is 14.3 Å². The number of likely N-dealkylation sites (tertiary alicyclic amines) is 1. The molecular formula is C17H23N5O3. The summed E-state index contributed by atoms with van der Waals surface area (Å²) in [6.07, 6.45) is 7.03. The van der Waals surface area contributed by atoms with Gasteiger partial charge in [0.1, 0.15) is 17.3 Å². The second-order valence-corrected chi connectivity index (χ2v) is 7.25. The van der Waals surface area contributed by atoms with Crippen LogP contribution in [-0.2, 0) is 9.53 Å². The third-order valence-corrected chi connectivity index (χ3v) is 5.25. The Morgan fingerprint density at radius 1 is 1.32 bits per heavy atom. The summed E-state index contributed by atoms with van der Waals surface area (Å²) in [7, 11) is 1.66. The van der Waals surface area contributed by atoms with Crippen LogP contribution in [0.4, 0.5) is 0 Å². The molecule has 2 saturated heterocycles. The van der Waals surface area contributed by atoms with Gasteiger partial charge in [-0.15, -0.1) is 0 Å². The first kappa shape index (κ1) is 16.4. The first-order valence-corrected chi connectivity index (χ1v) is 8.75. The zero-order valence-electron chi connectivity index (χ0n) is 14.4. The lowest BCUT2D eigenvalue weighted by atomic mass is 9.89. The molecule has 1 unspecified atom stereocenters. The smallest absolute Gasteiger partial charge is 0.274 e. The molecule has 3 aliphatic rings. The number of carbonyl (C=O) groups excluding carboxylic acids is 2. The second-order valence-electron chi connectivity index (χ2n) is 7.25. The topological polar surface area (TPSA) is 87.7 Å². The van der Waals surface area contributed by atoms with Crippen LogP contribution in [0.25, 0.3) is 0 Å². The molecule has 0 bridgehead atoms. The molecule has 134 valence electrons. The van der Waals surface area contributed by atoms with Crippen LogP contribution in [0.2, 0.25) is 0 Å². The van der Waals surface area contributed by atoms with Crippen molar-refractivity contribution in [3.05, 3.63) is 24.3 Å². The van der Waals surface area contributed by atoms with Crippen LogP contribution in [0, 0.1) is 5.92 Å². The van der Waals surface area contributed by atoms with Gasteiger partial charge in [-0.1, -0.05) is 0 Å². The van der Waals surface area contributed by atoms with E-state index in [0.29, 0.717) is 37.9 Å². The molecule has 3 fully saturated rings. The molecule has 8 heteroatoms. The maximum Gasteiger partial charge on any atom is 0.274 e. The van der Waals surface area contributed by atoms with Crippen LogP contribution in [-0.4, -0.2) is 83.1 Å². The van der Waals surface area contributed by atoms with Gasteiger partial charge < -0.3 is 15.0 Å². The van der Waals surface area contributed by atoms with Gasteiger partial charge in [0.15, 0.2) is 0 Å². The van der Waals surface area contributed by atoms with E-state index in [2.05, 4.69) is 20.2 Å². The second kappa shape index (κ2) is 6.34. The minimum absolute atomic E-state index is 0.00214. The van der Waals surface area contributed by atoms with Crippen LogP contribution >= 0.6 is 0 Å². The molecule has 1 spiro atoms. The molecular weight excluding hydrogens is 322 g/mol. The molecule has 0 radical (unpaired) electrons. The van der Waals surface area contributed by atoms with Crippen molar-refractivity contribution in [2.24, 2.45) is 5.92 Å². The van der Waals surface area contributed by atoms with E-state index in [1.54, 1.807) is 18.1 Å². The lowest BCUT2D eigenvalue weighted by molar-refractivity contribution is -0.191. The van der Waals surface area contributed by atoms with Gasteiger partial charge in [-0.25, -0.2) is 4.98 Å². The average Bonchev–Trinajstić information content (AvgIpc) is 3.43. The zero-order chi connectivity index (χ0) is 17.4. The van der Waals surface area contributed by atoms with Gasteiger partial charge in [-0.3, -0.25) is 19.5 Å². The highest BCUT2D eigenvalue weighted by atomic mass is 16.5. The number of aromatic nitrogens is 2. The molecule has 1 aromatic heterocycles. The number of morpholine rings is 1. The first-order chi connectivity index (χ1) is 12.1. The molecule has 8 nitrogen and oxygen atoms in total. The monoisotopic (exact) mass is 345 g/mol. The number of amides is 2. The molecule has 4 rings (SSSR count). The molecule has 25 heavy (non-hydrogen) atoms. The summed E-state index contributed by atoms with van der Waals surface area (Å²) < 4.78 is 6.05. The first-order valence-electron chi connectivity index (χ1n) is 8.75. The summed E-state index contributed by atoms with van der Waals surface area (Å²) in [6.45, 7) is 3.06. The number of ether oxygens (including phenoxy) is 1. The van der Waals surface area contributed by atoms with Crippen molar-refractivity contribution in [1.82, 2.24) is 25.1 Å². The summed E-state index contributed by atoms with van der Waals surface area (Å²) in [5.41, 5.74) is -0.0108. The minimum Gasteiger partial charge on any atom is -0.368 e. The van der Waals surface area contributed by atoms with E-state index in [0.717, 1.165) is 6.54 Å². The van der Waals surface area contributed by atoms with E-state index in [1.165, 1.54) is 25.2 Å². The standard InChI is InChI=1S/C17H23N5O3/c1-18-15(23)14-8-25-17(9-21(14)7-12-2-3-12)10-22(11-17)16(24)13-6-19-4-5-20-13/h4-6,12,14H,2-3,7-11H2,1H3,(H,18,23). The predicted octanol–water partition coefficient (Wildman–Crippen LogP) is -0.472. The molecule has 1 N–H and O–H groups in total. The summed E-state index contributed by atoms with van der Waals surface area (Å²) in [4.78, 5) is 36.6. The fourth-order valence-corrected chi connectivity index (χ4v) is 3.67. The van der Waals surface area contributed by atoms with E-state index in [4.69, 9.17) is 4.74 Å².